The summed E-state index contributed by atoms with van der Waals surface area (Å²) in [7, 11) is 0. The van der Waals surface area contributed by atoms with Gasteiger partial charge in [-0.2, -0.15) is 15.3 Å². The third kappa shape index (κ3) is 7.88. The van der Waals surface area contributed by atoms with Crippen molar-refractivity contribution in [1.29, 1.82) is 0 Å². The first-order valence-electron chi connectivity index (χ1n) is 15.0. The number of fused-ring (bicyclic) bond motifs is 3. The second-order valence-electron chi connectivity index (χ2n) is 9.99. The number of hydrogen-bond donors (Lipinski definition) is 0. The van der Waals surface area contributed by atoms with E-state index in [1.54, 1.807) is 18.6 Å². The molecule has 0 unspecified atom stereocenters. The lowest BCUT2D eigenvalue weighted by Gasteiger charge is -1.91. The lowest BCUT2D eigenvalue weighted by molar-refractivity contribution is 0.718. The van der Waals surface area contributed by atoms with Crippen molar-refractivity contribution < 1.29 is 0 Å². The topological polar surface area (TPSA) is 129 Å². The molecule has 4 aromatic carbocycles. The molecule has 0 saturated carbocycles. The molecule has 234 valence electrons. The molecule has 0 bridgehead atoms. The molecule has 0 atom stereocenters. The molecular formula is C39H18N12. The molecule has 0 radical (unpaired) electrons. The van der Waals surface area contributed by atoms with Crippen molar-refractivity contribution in [3.8, 4) is 0 Å². The predicted octanol–water partition coefficient (Wildman–Crippen LogP) is 4.54. The van der Waals surface area contributed by atoms with Crippen LogP contribution in [0.4, 0.5) is 0 Å². The molecule has 0 aliphatic rings. The van der Waals surface area contributed by atoms with E-state index < -0.39 is 0 Å². The monoisotopic (exact) mass is 654 g/mol. The Labute approximate surface area is 292 Å². The molecule has 0 amide bonds. The van der Waals surface area contributed by atoms with Gasteiger partial charge in [0.1, 0.15) is 0 Å². The van der Waals surface area contributed by atoms with Gasteiger partial charge < -0.3 is 0 Å². The van der Waals surface area contributed by atoms with Gasteiger partial charge in [-0.15, -0.1) is 29.7 Å². The van der Waals surface area contributed by atoms with Crippen molar-refractivity contribution in [3.05, 3.63) is 180 Å². The molecule has 0 saturated heterocycles. The molecule has 0 aliphatic carbocycles. The number of rotatable bonds is 6. The van der Waals surface area contributed by atoms with Crippen molar-refractivity contribution in [1.82, 2.24) is 45.3 Å². The maximum absolute atomic E-state index is 4.42. The Morgan fingerprint density at radius 3 is 0.941 bits per heavy atom. The van der Waals surface area contributed by atoms with E-state index in [9.17, 15) is 0 Å². The van der Waals surface area contributed by atoms with Crippen molar-refractivity contribution in [2.24, 2.45) is 15.3 Å². The maximum atomic E-state index is 4.42. The predicted molar refractivity (Wildman–Crippen MR) is 187 cm³/mol. The molecule has 7 aromatic rings. The Morgan fingerprint density at radius 2 is 0.647 bits per heavy atom. The number of hydrogen-bond acceptors (Lipinski definition) is 9. The van der Waals surface area contributed by atoms with E-state index in [-0.39, 0.29) is 16.6 Å². The Hall–Kier alpha value is -8.55. The van der Waals surface area contributed by atoms with Crippen LogP contribution in [-0.2, 0) is 0 Å². The van der Waals surface area contributed by atoms with Gasteiger partial charge in [-0.25, -0.2) is 0 Å². The average Bonchev–Trinajstić information content (AvgIpc) is 3.88. The van der Waals surface area contributed by atoms with E-state index in [2.05, 4.69) is 119 Å². The quantitative estimate of drug-likeness (QED) is 0.242. The molecule has 0 aliphatic heterocycles. The highest BCUT2D eigenvalue weighted by atomic mass is 15.6. The van der Waals surface area contributed by atoms with Gasteiger partial charge in [0.25, 0.3) is 0 Å². The minimum atomic E-state index is 0.242. The summed E-state index contributed by atoms with van der Waals surface area (Å²) in [5.41, 5.74) is 4.20. The fraction of sp³-hybridized carbons (Fsp3) is 0. The molecule has 7 rings (SSSR count). The Morgan fingerprint density at radius 1 is 0.373 bits per heavy atom. The van der Waals surface area contributed by atoms with Crippen LogP contribution in [-0.4, -0.2) is 64.0 Å². The van der Waals surface area contributed by atoms with Crippen LogP contribution >= 0.6 is 0 Å². The summed E-state index contributed by atoms with van der Waals surface area (Å²) in [6.07, 6.45) is 4.90. The van der Waals surface area contributed by atoms with Crippen LogP contribution in [0.2, 0.25) is 0 Å². The molecule has 0 fully saturated rings. The van der Waals surface area contributed by atoms with Crippen molar-refractivity contribution in [2.45, 2.75) is 0 Å². The van der Waals surface area contributed by atoms with Gasteiger partial charge in [-0.05, 0) is 105 Å². The zero-order valence-corrected chi connectivity index (χ0v) is 26.3. The molecule has 3 heterocycles. The summed E-state index contributed by atoms with van der Waals surface area (Å²) >= 11 is 0. The van der Waals surface area contributed by atoms with Crippen LogP contribution < -0.4 is 0 Å². The third-order valence-electron chi connectivity index (χ3n) is 6.58. The standard InChI is InChI=1S/C39H18N12/c1-4-16-31(17-5-1)28-40-49-37-25-13-10-23-35-39(51(47-44-35)42-30-33-20-8-3-9-21-33)27-15-12-24-36-38(26-14-11-22-34(37)43-46-49)50(48-45-36)41-29-32-18-6-2-7-19-32/h1-9,16-21,28-30H/b40-28+,41-29+,42-30+. The molecular weight excluding hydrogens is 637 g/mol. The van der Waals surface area contributed by atoms with Crippen molar-refractivity contribution >= 4 is 51.7 Å². The van der Waals surface area contributed by atoms with Gasteiger partial charge >= 0.3 is 0 Å². The zero-order valence-electron chi connectivity index (χ0n) is 26.3. The van der Waals surface area contributed by atoms with Crippen LogP contribution in [0.3, 0.4) is 0 Å². The van der Waals surface area contributed by atoms with E-state index in [0.29, 0.717) is 16.6 Å². The van der Waals surface area contributed by atoms with Gasteiger partial charge in [0.15, 0.2) is 33.1 Å². The Kier molecular flexibility index (Phi) is 9.36. The summed E-state index contributed by atoms with van der Waals surface area (Å²) in [6, 6.07) is 63.0. The van der Waals surface area contributed by atoms with Gasteiger partial charge in [0.2, 0.25) is 0 Å². The lowest BCUT2D eigenvalue weighted by Crippen LogP contribution is -1.92. The summed E-state index contributed by atoms with van der Waals surface area (Å²) in [6.45, 7) is 0. The van der Waals surface area contributed by atoms with Crippen LogP contribution in [0.15, 0.2) is 106 Å². The molecule has 12 heteroatoms. The Balaban J connectivity index is 1.39. The van der Waals surface area contributed by atoms with Crippen LogP contribution in [0.25, 0.3) is 33.1 Å². The van der Waals surface area contributed by atoms with Gasteiger partial charge in [-0.1, -0.05) is 91.0 Å². The normalized spacial score (nSPS) is 10.4. The summed E-state index contributed by atoms with van der Waals surface area (Å²) in [5, 5.41) is 38.1. The smallest absolute Gasteiger partial charge is 0.156 e. The zero-order chi connectivity index (χ0) is 34.5. The first kappa shape index (κ1) is 31.1. The average molecular weight is 655 g/mol. The van der Waals surface area contributed by atoms with Gasteiger partial charge in [0.05, 0.1) is 18.6 Å². The largest absolute Gasteiger partial charge is 0.174 e. The van der Waals surface area contributed by atoms with Gasteiger partial charge in [-0.3, -0.25) is 0 Å². The molecule has 51 heavy (non-hydrogen) atoms. The van der Waals surface area contributed by atoms with Crippen LogP contribution in [0.1, 0.15) is 16.7 Å². The first-order valence-corrected chi connectivity index (χ1v) is 15.0. The van der Waals surface area contributed by atoms with E-state index >= 15 is 0 Å². The highest BCUT2D eigenvalue weighted by molar-refractivity contribution is 5.81. The minimum absolute atomic E-state index is 0.242. The minimum Gasteiger partial charge on any atom is -0.156 e. The van der Waals surface area contributed by atoms with Gasteiger partial charge in [0, 0.05) is 0 Å². The number of nitrogens with zero attached hydrogens (tertiary/aromatic N) is 12. The van der Waals surface area contributed by atoms with Crippen molar-refractivity contribution in [3.63, 3.8) is 0 Å². The Bertz CT molecular complexity index is 2250. The van der Waals surface area contributed by atoms with E-state index in [4.69, 9.17) is 0 Å². The van der Waals surface area contributed by atoms with E-state index in [0.717, 1.165) is 16.7 Å². The number of aromatic nitrogens is 9. The molecule has 0 N–H and O–H groups in total. The second-order valence-corrected chi connectivity index (χ2v) is 9.99. The van der Waals surface area contributed by atoms with E-state index in [1.807, 2.05) is 91.0 Å². The fourth-order valence-electron chi connectivity index (χ4n) is 4.17. The SMILES string of the molecule is c1c#cc2c(c#cc#cc3c(c#cc#cc4c(c#1)nnn4/N=C/c1ccccc1)nnn3/N=C/c1ccccc1)nnn2/N=C/c1ccccc1. The number of benzene rings is 3. The third-order valence-corrected chi connectivity index (χ3v) is 6.58. The highest BCUT2D eigenvalue weighted by Crippen LogP contribution is 2.06. The summed E-state index contributed by atoms with van der Waals surface area (Å²) < 4.78 is 0. The first-order chi connectivity index (χ1) is 25.3. The summed E-state index contributed by atoms with van der Waals surface area (Å²) in [4.78, 5) is 3.82. The lowest BCUT2D eigenvalue weighted by atomic mass is 10.2. The summed E-state index contributed by atoms with van der Waals surface area (Å²) in [5.74, 6) is 0. The van der Waals surface area contributed by atoms with E-state index in [1.165, 1.54) is 14.4 Å². The maximum Gasteiger partial charge on any atom is 0.174 e. The second kappa shape index (κ2) is 15.4. The van der Waals surface area contributed by atoms with Crippen LogP contribution in [0.5, 0.6) is 0 Å². The fourth-order valence-corrected chi connectivity index (χ4v) is 4.17. The highest BCUT2D eigenvalue weighted by Gasteiger charge is 2.02. The molecule has 0 spiro atoms. The van der Waals surface area contributed by atoms with Crippen LogP contribution in [0, 0.1) is 72.8 Å². The van der Waals surface area contributed by atoms with Crippen molar-refractivity contribution in [2.75, 3.05) is 0 Å². The molecule has 12 nitrogen and oxygen atoms in total. The molecule has 3 aromatic heterocycles.